The van der Waals surface area contributed by atoms with Crippen LogP contribution in [0.1, 0.15) is 50.0 Å². The van der Waals surface area contributed by atoms with Crippen LogP contribution in [-0.2, 0) is 4.79 Å². The largest absolute Gasteiger partial charge is 0.481 e. The van der Waals surface area contributed by atoms with E-state index >= 15 is 0 Å². The Labute approximate surface area is 113 Å². The van der Waals surface area contributed by atoms with E-state index in [0.717, 1.165) is 12.0 Å². The SMILES string of the molecule is O=C(O)C(CC1CCCCC1)c1cccc(Cl)c1. The van der Waals surface area contributed by atoms with Crippen molar-refractivity contribution in [2.75, 3.05) is 0 Å². The number of aliphatic carboxylic acids is 1. The fourth-order valence-corrected chi connectivity index (χ4v) is 3.06. The molecular weight excluding hydrogens is 248 g/mol. The first-order valence-corrected chi connectivity index (χ1v) is 7.03. The zero-order valence-electron chi connectivity index (χ0n) is 10.4. The van der Waals surface area contributed by atoms with Crippen LogP contribution in [0.15, 0.2) is 24.3 Å². The molecule has 98 valence electrons. The summed E-state index contributed by atoms with van der Waals surface area (Å²) in [5.41, 5.74) is 0.834. The normalized spacial score (nSPS) is 18.5. The average molecular weight is 267 g/mol. The molecule has 2 rings (SSSR count). The molecule has 3 heteroatoms. The third-order valence-electron chi connectivity index (χ3n) is 3.84. The van der Waals surface area contributed by atoms with Gasteiger partial charge in [0.05, 0.1) is 5.92 Å². The van der Waals surface area contributed by atoms with Crippen LogP contribution in [0.4, 0.5) is 0 Å². The first-order chi connectivity index (χ1) is 8.66. The smallest absolute Gasteiger partial charge is 0.310 e. The number of benzene rings is 1. The van der Waals surface area contributed by atoms with E-state index in [9.17, 15) is 9.90 Å². The summed E-state index contributed by atoms with van der Waals surface area (Å²) in [6.07, 6.45) is 6.87. The molecule has 0 radical (unpaired) electrons. The van der Waals surface area contributed by atoms with Gasteiger partial charge in [-0.2, -0.15) is 0 Å². The lowest BCUT2D eigenvalue weighted by Crippen LogP contribution is -2.18. The van der Waals surface area contributed by atoms with E-state index in [2.05, 4.69) is 0 Å². The molecule has 0 bridgehead atoms. The van der Waals surface area contributed by atoms with Crippen molar-refractivity contribution in [1.82, 2.24) is 0 Å². The summed E-state index contributed by atoms with van der Waals surface area (Å²) in [5, 5.41) is 10.0. The van der Waals surface area contributed by atoms with Crippen LogP contribution >= 0.6 is 11.6 Å². The highest BCUT2D eigenvalue weighted by Gasteiger charge is 2.25. The molecular formula is C15H19ClO2. The van der Waals surface area contributed by atoms with Crippen LogP contribution in [0.2, 0.25) is 5.02 Å². The molecule has 1 saturated carbocycles. The van der Waals surface area contributed by atoms with Crippen LogP contribution in [0.5, 0.6) is 0 Å². The lowest BCUT2D eigenvalue weighted by molar-refractivity contribution is -0.139. The van der Waals surface area contributed by atoms with E-state index in [-0.39, 0.29) is 0 Å². The number of hydrogen-bond donors (Lipinski definition) is 1. The first-order valence-electron chi connectivity index (χ1n) is 6.65. The number of carboxylic acid groups (broad SMARTS) is 1. The highest BCUT2D eigenvalue weighted by Crippen LogP contribution is 2.33. The molecule has 1 aromatic carbocycles. The van der Waals surface area contributed by atoms with Gasteiger partial charge in [-0.15, -0.1) is 0 Å². The topological polar surface area (TPSA) is 37.3 Å². The molecule has 0 aliphatic heterocycles. The van der Waals surface area contributed by atoms with Gasteiger partial charge in [-0.25, -0.2) is 0 Å². The first kappa shape index (κ1) is 13.4. The van der Waals surface area contributed by atoms with Crippen LogP contribution in [0.25, 0.3) is 0 Å². The minimum absolute atomic E-state index is 0.410. The van der Waals surface area contributed by atoms with Crippen LogP contribution < -0.4 is 0 Å². The summed E-state index contributed by atoms with van der Waals surface area (Å²) in [6, 6.07) is 7.26. The highest BCUT2D eigenvalue weighted by atomic mass is 35.5. The number of carboxylic acids is 1. The molecule has 1 unspecified atom stereocenters. The Morgan fingerprint density at radius 3 is 2.67 bits per heavy atom. The lowest BCUT2D eigenvalue weighted by atomic mass is 9.80. The zero-order chi connectivity index (χ0) is 13.0. The number of halogens is 1. The molecule has 0 aromatic heterocycles. The molecule has 18 heavy (non-hydrogen) atoms. The van der Waals surface area contributed by atoms with Crippen molar-refractivity contribution in [1.29, 1.82) is 0 Å². The monoisotopic (exact) mass is 266 g/mol. The highest BCUT2D eigenvalue weighted by molar-refractivity contribution is 6.30. The summed E-state index contributed by atoms with van der Waals surface area (Å²) in [6.45, 7) is 0. The Morgan fingerprint density at radius 1 is 1.33 bits per heavy atom. The maximum absolute atomic E-state index is 11.4. The van der Waals surface area contributed by atoms with Gasteiger partial charge >= 0.3 is 5.97 Å². The second-order valence-electron chi connectivity index (χ2n) is 5.19. The van der Waals surface area contributed by atoms with Gasteiger partial charge in [-0.1, -0.05) is 55.8 Å². The predicted octanol–water partition coefficient (Wildman–Crippen LogP) is 4.48. The van der Waals surface area contributed by atoms with Crippen molar-refractivity contribution in [2.45, 2.75) is 44.4 Å². The Balaban J connectivity index is 2.10. The van der Waals surface area contributed by atoms with Gasteiger partial charge in [0.1, 0.15) is 0 Å². The Morgan fingerprint density at radius 2 is 2.06 bits per heavy atom. The second kappa shape index (κ2) is 6.24. The standard InChI is InChI=1S/C15H19ClO2/c16-13-8-4-7-12(10-13)14(15(17)18)9-11-5-2-1-3-6-11/h4,7-8,10-11,14H,1-3,5-6,9H2,(H,17,18). The minimum Gasteiger partial charge on any atom is -0.481 e. The number of carbonyl (C=O) groups is 1. The Bertz CT molecular complexity index is 411. The third-order valence-corrected chi connectivity index (χ3v) is 4.08. The molecule has 1 aliphatic rings. The van der Waals surface area contributed by atoms with Gasteiger partial charge in [0, 0.05) is 5.02 Å². The minimum atomic E-state index is -0.733. The molecule has 0 heterocycles. The van der Waals surface area contributed by atoms with E-state index in [1.807, 2.05) is 12.1 Å². The van der Waals surface area contributed by atoms with Gasteiger partial charge in [0.25, 0.3) is 0 Å². The molecule has 0 amide bonds. The van der Waals surface area contributed by atoms with Gasteiger partial charge in [-0.05, 0) is 30.0 Å². The van der Waals surface area contributed by atoms with Crippen molar-refractivity contribution in [3.8, 4) is 0 Å². The third kappa shape index (κ3) is 3.49. The van der Waals surface area contributed by atoms with Crippen molar-refractivity contribution < 1.29 is 9.90 Å². The van der Waals surface area contributed by atoms with Gasteiger partial charge in [0.2, 0.25) is 0 Å². The molecule has 0 saturated heterocycles. The maximum Gasteiger partial charge on any atom is 0.310 e. The summed E-state index contributed by atoms with van der Waals surface area (Å²) < 4.78 is 0. The quantitative estimate of drug-likeness (QED) is 0.872. The summed E-state index contributed by atoms with van der Waals surface area (Å²) in [5.74, 6) is -0.589. The molecule has 1 aliphatic carbocycles. The van der Waals surface area contributed by atoms with Gasteiger partial charge in [0.15, 0.2) is 0 Å². The van der Waals surface area contributed by atoms with Crippen LogP contribution in [0.3, 0.4) is 0 Å². The Hall–Kier alpha value is -1.02. The molecule has 1 fully saturated rings. The second-order valence-corrected chi connectivity index (χ2v) is 5.62. The van der Waals surface area contributed by atoms with Crippen molar-refractivity contribution in [3.05, 3.63) is 34.9 Å². The fourth-order valence-electron chi connectivity index (χ4n) is 2.86. The van der Waals surface area contributed by atoms with E-state index in [4.69, 9.17) is 11.6 Å². The molecule has 1 atom stereocenters. The summed E-state index contributed by atoms with van der Waals surface area (Å²) in [7, 11) is 0. The van der Waals surface area contributed by atoms with Crippen LogP contribution in [-0.4, -0.2) is 11.1 Å². The summed E-state index contributed by atoms with van der Waals surface area (Å²) in [4.78, 5) is 11.4. The fraction of sp³-hybridized carbons (Fsp3) is 0.533. The molecule has 0 spiro atoms. The zero-order valence-corrected chi connectivity index (χ0v) is 11.2. The predicted molar refractivity (Wildman–Crippen MR) is 73.0 cm³/mol. The van der Waals surface area contributed by atoms with E-state index < -0.39 is 11.9 Å². The molecule has 1 N–H and O–H groups in total. The molecule has 1 aromatic rings. The number of hydrogen-bond acceptors (Lipinski definition) is 1. The van der Waals surface area contributed by atoms with E-state index in [1.165, 1.54) is 32.1 Å². The van der Waals surface area contributed by atoms with E-state index in [0.29, 0.717) is 10.9 Å². The Kier molecular flexibility index (Phi) is 4.65. The van der Waals surface area contributed by atoms with Crippen molar-refractivity contribution in [2.24, 2.45) is 5.92 Å². The van der Waals surface area contributed by atoms with Gasteiger partial charge < -0.3 is 5.11 Å². The average Bonchev–Trinajstić information content (AvgIpc) is 2.37. The van der Waals surface area contributed by atoms with E-state index in [1.54, 1.807) is 12.1 Å². The molecule has 2 nitrogen and oxygen atoms in total. The maximum atomic E-state index is 11.4. The number of rotatable bonds is 4. The van der Waals surface area contributed by atoms with Crippen molar-refractivity contribution >= 4 is 17.6 Å². The lowest BCUT2D eigenvalue weighted by Gasteiger charge is -2.24. The summed E-state index contributed by atoms with van der Waals surface area (Å²) >= 11 is 5.94. The van der Waals surface area contributed by atoms with Crippen LogP contribution in [0, 0.1) is 5.92 Å². The van der Waals surface area contributed by atoms with Crippen molar-refractivity contribution in [3.63, 3.8) is 0 Å². The van der Waals surface area contributed by atoms with Gasteiger partial charge in [-0.3, -0.25) is 4.79 Å².